The zero-order valence-electron chi connectivity index (χ0n) is 14.7. The van der Waals surface area contributed by atoms with E-state index < -0.39 is 0 Å². The molecule has 0 radical (unpaired) electrons. The van der Waals surface area contributed by atoms with Crippen LogP contribution in [0.15, 0.2) is 0 Å². The molecular weight excluding hydrogens is 216 g/mol. The van der Waals surface area contributed by atoms with Crippen LogP contribution in [-0.2, 0) is 0 Å². The molecular formula is C18H40. The Labute approximate surface area is 118 Å². The molecule has 0 aromatic carbocycles. The largest absolute Gasteiger partial charge is 0.0654 e. The van der Waals surface area contributed by atoms with Gasteiger partial charge in [-0.2, -0.15) is 0 Å². The Morgan fingerprint density at radius 3 is 1.33 bits per heavy atom. The summed E-state index contributed by atoms with van der Waals surface area (Å²) >= 11 is 0. The second kappa shape index (κ2) is 12.1. The zero-order valence-corrected chi connectivity index (χ0v) is 14.7. The first-order valence-electron chi connectivity index (χ1n) is 8.31. The zero-order chi connectivity index (χ0) is 14.7. The Balaban J connectivity index is 0. The number of rotatable bonds is 7. The number of hydrogen-bond acceptors (Lipinski definition) is 0. The lowest BCUT2D eigenvalue weighted by Gasteiger charge is -2.33. The lowest BCUT2D eigenvalue weighted by Crippen LogP contribution is -2.25. The van der Waals surface area contributed by atoms with Crippen molar-refractivity contribution < 1.29 is 0 Å². The molecule has 0 aliphatic carbocycles. The molecule has 3 unspecified atom stereocenters. The fraction of sp³-hybridized carbons (Fsp3) is 1.00. The molecule has 0 heterocycles. The van der Waals surface area contributed by atoms with Crippen molar-refractivity contribution in [2.75, 3.05) is 0 Å². The Bertz CT molecular complexity index is 155. The van der Waals surface area contributed by atoms with Crippen LogP contribution in [0.1, 0.15) is 88.0 Å². The molecule has 112 valence electrons. The quantitative estimate of drug-likeness (QED) is 0.470. The van der Waals surface area contributed by atoms with Gasteiger partial charge in [-0.05, 0) is 29.6 Å². The molecule has 0 saturated heterocycles. The highest BCUT2D eigenvalue weighted by atomic mass is 14.3. The third-order valence-electron chi connectivity index (χ3n) is 3.87. The van der Waals surface area contributed by atoms with Gasteiger partial charge < -0.3 is 0 Å². The van der Waals surface area contributed by atoms with Crippen LogP contribution < -0.4 is 0 Å². The summed E-state index contributed by atoms with van der Waals surface area (Å²) in [6.45, 7) is 20.7. The summed E-state index contributed by atoms with van der Waals surface area (Å²) in [6, 6.07) is 0. The van der Waals surface area contributed by atoms with Crippen LogP contribution >= 0.6 is 0 Å². The van der Waals surface area contributed by atoms with E-state index >= 15 is 0 Å². The molecule has 3 atom stereocenters. The summed E-state index contributed by atoms with van der Waals surface area (Å²) in [5.74, 6) is 4.48. The molecule has 0 heteroatoms. The Morgan fingerprint density at radius 2 is 1.11 bits per heavy atom. The van der Waals surface area contributed by atoms with Gasteiger partial charge in [0.25, 0.3) is 0 Å². The van der Waals surface area contributed by atoms with Crippen molar-refractivity contribution in [1.82, 2.24) is 0 Å². The summed E-state index contributed by atoms with van der Waals surface area (Å²) < 4.78 is 0. The summed E-state index contributed by atoms with van der Waals surface area (Å²) in [7, 11) is 0. The molecule has 0 rings (SSSR count). The minimum absolute atomic E-state index is 0.833. The highest BCUT2D eigenvalue weighted by Gasteiger charge is 2.25. The third-order valence-corrected chi connectivity index (χ3v) is 3.87. The van der Waals surface area contributed by atoms with Crippen molar-refractivity contribution >= 4 is 0 Å². The fourth-order valence-electron chi connectivity index (χ4n) is 2.80. The fourth-order valence-corrected chi connectivity index (χ4v) is 2.80. The molecule has 0 spiro atoms. The Kier molecular flexibility index (Phi) is 13.6. The first-order valence-corrected chi connectivity index (χ1v) is 8.31. The summed E-state index contributed by atoms with van der Waals surface area (Å²) in [5, 5.41) is 0. The van der Waals surface area contributed by atoms with Crippen molar-refractivity contribution in [3.05, 3.63) is 0 Å². The van der Waals surface area contributed by atoms with Crippen LogP contribution in [0.5, 0.6) is 0 Å². The molecule has 0 aromatic heterocycles. The van der Waals surface area contributed by atoms with Crippen molar-refractivity contribution in [3.63, 3.8) is 0 Å². The van der Waals surface area contributed by atoms with E-state index in [-0.39, 0.29) is 0 Å². The van der Waals surface area contributed by atoms with Crippen LogP contribution in [-0.4, -0.2) is 0 Å². The Morgan fingerprint density at radius 1 is 0.667 bits per heavy atom. The van der Waals surface area contributed by atoms with Gasteiger partial charge in [0, 0.05) is 0 Å². The molecule has 0 nitrogen and oxygen atoms in total. The lowest BCUT2D eigenvalue weighted by atomic mass is 9.72. The van der Waals surface area contributed by atoms with E-state index in [1.54, 1.807) is 0 Å². The molecule has 18 heavy (non-hydrogen) atoms. The minimum Gasteiger partial charge on any atom is -0.0654 e. The molecule has 0 bridgehead atoms. The topological polar surface area (TPSA) is 0 Å². The molecule has 0 fully saturated rings. The maximum atomic E-state index is 2.43. The summed E-state index contributed by atoms with van der Waals surface area (Å²) in [5.41, 5.74) is 0. The predicted molar refractivity (Wildman–Crippen MR) is 87.0 cm³/mol. The summed E-state index contributed by atoms with van der Waals surface area (Å²) in [4.78, 5) is 0. The second-order valence-electron chi connectivity index (χ2n) is 6.89. The molecule has 0 amide bonds. The third kappa shape index (κ3) is 9.97. The highest BCUT2D eigenvalue weighted by molar-refractivity contribution is 4.75. The first-order chi connectivity index (χ1) is 8.31. The average molecular weight is 257 g/mol. The molecule has 0 aliphatic heterocycles. The van der Waals surface area contributed by atoms with Crippen LogP contribution in [0.2, 0.25) is 0 Å². The van der Waals surface area contributed by atoms with Crippen molar-refractivity contribution in [2.45, 2.75) is 88.0 Å². The van der Waals surface area contributed by atoms with Gasteiger partial charge in [-0.15, -0.1) is 0 Å². The Hall–Kier alpha value is 0. The van der Waals surface area contributed by atoms with E-state index in [0.29, 0.717) is 0 Å². The monoisotopic (exact) mass is 256 g/mol. The van der Waals surface area contributed by atoms with Gasteiger partial charge in [-0.25, -0.2) is 0 Å². The van der Waals surface area contributed by atoms with Gasteiger partial charge >= 0.3 is 0 Å². The van der Waals surface area contributed by atoms with Crippen LogP contribution in [0, 0.1) is 29.6 Å². The smallest absolute Gasteiger partial charge is 0.0360 e. The predicted octanol–water partition coefficient (Wildman–Crippen LogP) is 6.79. The van der Waals surface area contributed by atoms with Gasteiger partial charge in [0.05, 0.1) is 0 Å². The van der Waals surface area contributed by atoms with Crippen LogP contribution in [0.4, 0.5) is 0 Å². The van der Waals surface area contributed by atoms with Crippen molar-refractivity contribution in [2.24, 2.45) is 29.6 Å². The van der Waals surface area contributed by atoms with Gasteiger partial charge in [-0.3, -0.25) is 0 Å². The van der Waals surface area contributed by atoms with Crippen molar-refractivity contribution in [3.8, 4) is 0 Å². The molecule has 0 N–H and O–H groups in total. The van der Waals surface area contributed by atoms with Crippen molar-refractivity contribution in [1.29, 1.82) is 0 Å². The highest BCUT2D eigenvalue weighted by Crippen LogP contribution is 2.34. The van der Waals surface area contributed by atoms with E-state index in [4.69, 9.17) is 0 Å². The van der Waals surface area contributed by atoms with Crippen LogP contribution in [0.25, 0.3) is 0 Å². The first kappa shape index (κ1) is 20.3. The standard InChI is InChI=1S/C14H30.C4H10/c1-7-10-14(11(4)5)13(9-3)12(6)8-2;1-4(2)3/h11-14H,7-10H2,1-6H3;4H,1-3H3. The van der Waals surface area contributed by atoms with Crippen LogP contribution in [0.3, 0.4) is 0 Å². The average Bonchev–Trinajstić information content (AvgIpc) is 2.27. The maximum Gasteiger partial charge on any atom is -0.0360 e. The van der Waals surface area contributed by atoms with Gasteiger partial charge in [0.2, 0.25) is 0 Å². The van der Waals surface area contributed by atoms with Gasteiger partial charge in [0.15, 0.2) is 0 Å². The molecule has 0 aromatic rings. The SMILES string of the molecule is CC(C)C.CCCC(C(C)C)C(CC)C(C)CC. The van der Waals surface area contributed by atoms with E-state index in [2.05, 4.69) is 62.3 Å². The second-order valence-corrected chi connectivity index (χ2v) is 6.89. The molecule has 0 aliphatic rings. The van der Waals surface area contributed by atoms with Gasteiger partial charge in [0.1, 0.15) is 0 Å². The maximum absolute atomic E-state index is 2.43. The van der Waals surface area contributed by atoms with Gasteiger partial charge in [-0.1, -0.05) is 88.0 Å². The summed E-state index contributed by atoms with van der Waals surface area (Å²) in [6.07, 6.45) is 5.46. The van der Waals surface area contributed by atoms with E-state index in [0.717, 1.165) is 29.6 Å². The van der Waals surface area contributed by atoms with E-state index in [9.17, 15) is 0 Å². The van der Waals surface area contributed by atoms with E-state index in [1.807, 2.05) is 0 Å². The lowest BCUT2D eigenvalue weighted by molar-refractivity contribution is 0.165. The normalized spacial score (nSPS) is 16.2. The van der Waals surface area contributed by atoms with E-state index in [1.165, 1.54) is 25.7 Å². The molecule has 0 saturated carbocycles. The number of hydrogen-bond donors (Lipinski definition) is 0. The minimum atomic E-state index is 0.833.